The predicted molar refractivity (Wildman–Crippen MR) is 109 cm³/mol. The zero-order valence-electron chi connectivity index (χ0n) is 16.3. The number of fused-ring (bicyclic) bond motifs is 2. The quantitative estimate of drug-likeness (QED) is 0.713. The molecule has 0 aromatic heterocycles. The van der Waals surface area contributed by atoms with Gasteiger partial charge in [-0.15, -0.1) is 0 Å². The molecule has 2 aliphatic rings. The second kappa shape index (κ2) is 7.74. The zero-order chi connectivity index (χ0) is 19.8. The Morgan fingerprint density at radius 1 is 0.893 bits per heavy atom. The van der Waals surface area contributed by atoms with Gasteiger partial charge < -0.3 is 19.5 Å². The van der Waals surface area contributed by atoms with Crippen molar-refractivity contribution in [2.45, 2.75) is 36.7 Å². The van der Waals surface area contributed by atoms with Gasteiger partial charge in [0.1, 0.15) is 0 Å². The second-order valence-electron chi connectivity index (χ2n) is 7.73. The van der Waals surface area contributed by atoms with Crippen LogP contribution < -0.4 is 5.32 Å². The van der Waals surface area contributed by atoms with Crippen LogP contribution in [-0.2, 0) is 13.6 Å². The van der Waals surface area contributed by atoms with Gasteiger partial charge in [0.2, 0.25) is 0 Å². The van der Waals surface area contributed by atoms with Crippen LogP contribution in [0.2, 0.25) is 0 Å². The van der Waals surface area contributed by atoms with Crippen molar-refractivity contribution in [3.05, 3.63) is 71.8 Å². The van der Waals surface area contributed by atoms with Gasteiger partial charge in [-0.3, -0.25) is 4.57 Å². The van der Waals surface area contributed by atoms with Crippen LogP contribution in [0.25, 0.3) is 0 Å². The molecule has 150 valence electrons. The highest BCUT2D eigenvalue weighted by Gasteiger charge is 2.66. The van der Waals surface area contributed by atoms with Gasteiger partial charge in [0, 0.05) is 38.1 Å². The van der Waals surface area contributed by atoms with Crippen molar-refractivity contribution in [3.63, 3.8) is 0 Å². The van der Waals surface area contributed by atoms with Crippen molar-refractivity contribution in [1.82, 2.24) is 5.32 Å². The van der Waals surface area contributed by atoms with Crippen LogP contribution in [0.3, 0.4) is 0 Å². The van der Waals surface area contributed by atoms with E-state index in [1.807, 2.05) is 36.4 Å². The molecule has 1 saturated heterocycles. The molecule has 5 nitrogen and oxygen atoms in total. The third-order valence-corrected chi connectivity index (χ3v) is 9.02. The Labute approximate surface area is 166 Å². The summed E-state index contributed by atoms with van der Waals surface area (Å²) in [6, 6.07) is 19.9. The second-order valence-corrected chi connectivity index (χ2v) is 10.2. The van der Waals surface area contributed by atoms with Gasteiger partial charge in [0.15, 0.2) is 5.34 Å². The van der Waals surface area contributed by atoms with Gasteiger partial charge in [-0.05, 0) is 24.0 Å². The number of aliphatic hydroxyl groups is 1. The number of nitrogens with one attached hydrogen (secondary N) is 1. The van der Waals surface area contributed by atoms with Gasteiger partial charge in [-0.25, -0.2) is 0 Å². The molecule has 1 saturated carbocycles. The highest BCUT2D eigenvalue weighted by molar-refractivity contribution is 7.55. The Kier molecular flexibility index (Phi) is 5.47. The van der Waals surface area contributed by atoms with Crippen molar-refractivity contribution in [1.29, 1.82) is 0 Å². The van der Waals surface area contributed by atoms with E-state index in [9.17, 15) is 9.67 Å². The first-order valence-electron chi connectivity index (χ1n) is 9.85. The summed E-state index contributed by atoms with van der Waals surface area (Å²) in [6.45, 7) is 0. The minimum Gasteiger partial charge on any atom is -0.377 e. The molecule has 0 unspecified atom stereocenters. The minimum absolute atomic E-state index is 0.147. The van der Waals surface area contributed by atoms with Crippen molar-refractivity contribution in [2.24, 2.45) is 11.8 Å². The first-order valence-corrected chi connectivity index (χ1v) is 11.4. The lowest BCUT2D eigenvalue weighted by Crippen LogP contribution is -2.61. The van der Waals surface area contributed by atoms with E-state index >= 15 is 0 Å². The number of rotatable bonds is 5. The van der Waals surface area contributed by atoms with Crippen LogP contribution in [0.4, 0.5) is 0 Å². The number of hydrogen-bond acceptors (Lipinski definition) is 5. The summed E-state index contributed by atoms with van der Waals surface area (Å²) in [5.41, 5.74) is 2.15. The molecule has 2 aromatic carbocycles. The third-order valence-electron chi connectivity index (χ3n) is 6.52. The van der Waals surface area contributed by atoms with Crippen LogP contribution in [0, 0.1) is 11.8 Å². The molecular weight excluding hydrogens is 373 g/mol. The molecule has 6 heteroatoms. The summed E-state index contributed by atoms with van der Waals surface area (Å²) < 4.78 is 24.5. The van der Waals surface area contributed by atoms with E-state index in [1.54, 1.807) is 0 Å². The Morgan fingerprint density at radius 3 is 1.71 bits per heavy atom. The van der Waals surface area contributed by atoms with Crippen LogP contribution in [0.1, 0.15) is 42.5 Å². The maximum Gasteiger partial charge on any atom is 0.362 e. The molecular formula is C22H28NO4P. The van der Waals surface area contributed by atoms with E-state index in [2.05, 4.69) is 29.6 Å². The Balaban J connectivity index is 1.88. The lowest BCUT2D eigenvalue weighted by atomic mass is 9.65. The number of benzene rings is 2. The van der Waals surface area contributed by atoms with Crippen LogP contribution in [0.5, 0.6) is 0 Å². The molecule has 0 spiro atoms. The molecule has 0 radical (unpaired) electrons. The largest absolute Gasteiger partial charge is 0.377 e. The van der Waals surface area contributed by atoms with Crippen molar-refractivity contribution < 1.29 is 18.7 Å². The van der Waals surface area contributed by atoms with E-state index in [4.69, 9.17) is 9.05 Å². The number of hydrogen-bond donors (Lipinski definition) is 2. The smallest absolute Gasteiger partial charge is 0.362 e. The van der Waals surface area contributed by atoms with Gasteiger partial charge >= 0.3 is 7.60 Å². The zero-order valence-corrected chi connectivity index (χ0v) is 17.2. The van der Waals surface area contributed by atoms with Crippen LogP contribution >= 0.6 is 7.60 Å². The van der Waals surface area contributed by atoms with Gasteiger partial charge in [0.25, 0.3) is 0 Å². The first-order chi connectivity index (χ1) is 13.5. The SMILES string of the molecule is COP(=O)(OC)C1(O)[C@H]2CCC[C@H]1[C@@H](c1ccccc1)N[C@@H]2c1ccccc1. The van der Waals surface area contributed by atoms with Crippen molar-refractivity contribution in [2.75, 3.05) is 14.2 Å². The maximum atomic E-state index is 13.7. The Bertz CT molecular complexity index is 783. The van der Waals surface area contributed by atoms with Gasteiger partial charge in [-0.2, -0.15) is 0 Å². The fourth-order valence-corrected chi connectivity index (χ4v) is 7.36. The van der Waals surface area contributed by atoms with Crippen LogP contribution in [-0.4, -0.2) is 24.7 Å². The molecule has 2 fully saturated rings. The van der Waals surface area contributed by atoms with E-state index in [1.165, 1.54) is 14.2 Å². The molecule has 2 N–H and O–H groups in total. The minimum atomic E-state index is -3.75. The van der Waals surface area contributed by atoms with Crippen LogP contribution in [0.15, 0.2) is 60.7 Å². The average molecular weight is 401 g/mol. The highest BCUT2D eigenvalue weighted by Crippen LogP contribution is 2.71. The molecule has 28 heavy (non-hydrogen) atoms. The Morgan fingerprint density at radius 2 is 1.32 bits per heavy atom. The summed E-state index contributed by atoms with van der Waals surface area (Å²) in [5.74, 6) is -0.529. The maximum absolute atomic E-state index is 13.7. The first kappa shape index (κ1) is 19.8. The molecule has 2 bridgehead atoms. The van der Waals surface area contributed by atoms with Crippen molar-refractivity contribution in [3.8, 4) is 0 Å². The van der Waals surface area contributed by atoms with E-state index in [-0.39, 0.29) is 23.9 Å². The van der Waals surface area contributed by atoms with E-state index in [0.717, 1.165) is 30.4 Å². The molecule has 1 heterocycles. The number of piperidine rings is 1. The summed E-state index contributed by atoms with van der Waals surface area (Å²) in [7, 11) is -1.01. The fourth-order valence-electron chi connectivity index (χ4n) is 5.26. The lowest BCUT2D eigenvalue weighted by Gasteiger charge is -2.57. The average Bonchev–Trinajstić information content (AvgIpc) is 2.74. The standard InChI is InChI=1S/C22H28NO4P/c1-26-28(25,27-2)22(24)18-14-9-15-19(22)21(17-12-7-4-8-13-17)23-20(18)16-10-5-3-6-11-16/h3-8,10-13,18-21,23-24H,9,14-15H2,1-2H3/t18-,19-,20+,21+/m0/s1. The van der Waals surface area contributed by atoms with Gasteiger partial charge in [0.05, 0.1) is 0 Å². The summed E-state index contributed by atoms with van der Waals surface area (Å²) in [4.78, 5) is 0. The summed E-state index contributed by atoms with van der Waals surface area (Å²) in [6.07, 6.45) is 2.50. The normalized spacial score (nSPS) is 32.8. The third kappa shape index (κ3) is 2.97. The van der Waals surface area contributed by atoms with Crippen molar-refractivity contribution >= 4 is 7.60 Å². The summed E-state index contributed by atoms with van der Waals surface area (Å²) >= 11 is 0. The lowest BCUT2D eigenvalue weighted by molar-refractivity contribution is -0.103. The predicted octanol–water partition coefficient (Wildman–Crippen LogP) is 4.66. The molecule has 4 atom stereocenters. The summed E-state index contributed by atoms with van der Waals surface area (Å²) in [5, 5.41) is 14.3. The van der Waals surface area contributed by atoms with Gasteiger partial charge in [-0.1, -0.05) is 67.1 Å². The van der Waals surface area contributed by atoms with E-state index in [0.29, 0.717) is 0 Å². The monoisotopic (exact) mass is 401 g/mol. The Hall–Kier alpha value is -1.49. The molecule has 2 aromatic rings. The molecule has 1 aliphatic carbocycles. The molecule has 0 amide bonds. The highest BCUT2D eigenvalue weighted by atomic mass is 31.2. The van der Waals surface area contributed by atoms with E-state index < -0.39 is 12.9 Å². The molecule has 4 rings (SSSR count). The topological polar surface area (TPSA) is 67.8 Å². The molecule has 1 aliphatic heterocycles. The fraction of sp³-hybridized carbons (Fsp3) is 0.455.